The maximum Gasteiger partial charge on any atom is 0.135 e. The van der Waals surface area contributed by atoms with Crippen LogP contribution in [0, 0.1) is 0 Å². The van der Waals surface area contributed by atoms with Crippen molar-refractivity contribution >= 4 is 86.6 Å². The maximum atomic E-state index is 6.31. The quantitative estimate of drug-likeness (QED) is 0.162. The molecule has 0 N–H and O–H groups in total. The van der Waals surface area contributed by atoms with Gasteiger partial charge in [-0.3, -0.25) is 0 Å². The van der Waals surface area contributed by atoms with Gasteiger partial charge in [-0.1, -0.05) is 164 Å². The Balaban J connectivity index is 1.14. The van der Waals surface area contributed by atoms with E-state index in [1.165, 1.54) is 98.0 Å². The molecule has 0 aliphatic carbocycles. The lowest BCUT2D eigenvalue weighted by Gasteiger charge is -2.18. The molecule has 1 aromatic heterocycles. The molecule has 0 aliphatic rings. The van der Waals surface area contributed by atoms with E-state index in [2.05, 4.69) is 212 Å². The van der Waals surface area contributed by atoms with E-state index in [4.69, 9.17) is 4.42 Å². The summed E-state index contributed by atoms with van der Waals surface area (Å²) in [5.74, 6) is 0. The lowest BCUT2D eigenvalue weighted by Crippen LogP contribution is -1.91. The molecule has 0 aliphatic heterocycles. The van der Waals surface area contributed by atoms with E-state index in [1.807, 2.05) is 6.07 Å². The molecule has 0 saturated carbocycles. The van der Waals surface area contributed by atoms with Crippen LogP contribution in [0.25, 0.3) is 131 Å². The van der Waals surface area contributed by atoms with Crippen LogP contribution in [0.15, 0.2) is 223 Å². The molecule has 1 nitrogen and oxygen atoms in total. The highest BCUT2D eigenvalue weighted by Gasteiger charge is 2.18. The summed E-state index contributed by atoms with van der Waals surface area (Å²) in [6, 6.07) is 80.5. The van der Waals surface area contributed by atoms with E-state index in [9.17, 15) is 0 Å². The summed E-state index contributed by atoms with van der Waals surface area (Å²) in [5, 5.41) is 17.3. The van der Waals surface area contributed by atoms with Gasteiger partial charge in [-0.25, -0.2) is 0 Å². The van der Waals surface area contributed by atoms with Gasteiger partial charge in [-0.05, 0) is 164 Å². The Morgan fingerprint density at radius 2 is 0.639 bits per heavy atom. The molecule has 1 heterocycles. The molecule has 0 fully saturated rings. The summed E-state index contributed by atoms with van der Waals surface area (Å²) in [6.07, 6.45) is 0. The Hall–Kier alpha value is -8.00. The number of benzene rings is 12. The molecular weight excluding hydrogens is 737 g/mol. The molecule has 0 unspecified atom stereocenters. The van der Waals surface area contributed by atoms with E-state index >= 15 is 0 Å². The van der Waals surface area contributed by atoms with Gasteiger partial charge in [0, 0.05) is 10.8 Å². The fourth-order valence-corrected chi connectivity index (χ4v) is 10.2. The average Bonchev–Trinajstić information content (AvgIpc) is 3.71. The summed E-state index contributed by atoms with van der Waals surface area (Å²) in [6.45, 7) is 0. The molecule has 0 saturated heterocycles. The Kier molecular flexibility index (Phi) is 7.37. The van der Waals surface area contributed by atoms with E-state index in [0.29, 0.717) is 0 Å². The fourth-order valence-electron chi connectivity index (χ4n) is 10.2. The predicted molar refractivity (Wildman–Crippen MR) is 260 cm³/mol. The highest BCUT2D eigenvalue weighted by Crippen LogP contribution is 2.45. The molecule has 0 spiro atoms. The second kappa shape index (κ2) is 13.3. The summed E-state index contributed by atoms with van der Waals surface area (Å²) in [4.78, 5) is 0. The summed E-state index contributed by atoms with van der Waals surface area (Å²) < 4.78 is 6.31. The van der Waals surface area contributed by atoms with Crippen LogP contribution in [0.4, 0.5) is 0 Å². The van der Waals surface area contributed by atoms with Crippen molar-refractivity contribution in [3.05, 3.63) is 218 Å². The van der Waals surface area contributed by atoms with Gasteiger partial charge in [0.05, 0.1) is 0 Å². The van der Waals surface area contributed by atoms with Gasteiger partial charge in [0.2, 0.25) is 0 Å². The molecule has 282 valence electrons. The lowest BCUT2D eigenvalue weighted by molar-refractivity contribution is 0.669. The molecule has 13 aromatic rings. The van der Waals surface area contributed by atoms with Crippen LogP contribution in [0.3, 0.4) is 0 Å². The van der Waals surface area contributed by atoms with Crippen LogP contribution in [0.1, 0.15) is 0 Å². The molecule has 0 radical (unpaired) electrons. The second-order valence-corrected chi connectivity index (χ2v) is 16.4. The third-order valence-corrected chi connectivity index (χ3v) is 13.0. The van der Waals surface area contributed by atoms with E-state index in [1.54, 1.807) is 0 Å². The van der Waals surface area contributed by atoms with Crippen molar-refractivity contribution in [1.82, 2.24) is 0 Å². The number of furan rings is 1. The third kappa shape index (κ3) is 5.27. The van der Waals surface area contributed by atoms with Crippen molar-refractivity contribution in [2.75, 3.05) is 0 Å². The topological polar surface area (TPSA) is 13.1 Å². The normalized spacial score (nSPS) is 11.9. The molecule has 12 aromatic carbocycles. The number of hydrogen-bond donors (Lipinski definition) is 0. The Morgan fingerprint density at radius 3 is 1.28 bits per heavy atom. The zero-order chi connectivity index (χ0) is 40.0. The molecule has 0 bridgehead atoms. The van der Waals surface area contributed by atoms with Gasteiger partial charge < -0.3 is 4.42 Å². The minimum Gasteiger partial charge on any atom is -0.456 e. The zero-order valence-electron chi connectivity index (χ0n) is 33.2. The monoisotopic (exact) mass is 772 g/mol. The first kappa shape index (κ1) is 33.9. The van der Waals surface area contributed by atoms with Crippen molar-refractivity contribution in [3.8, 4) is 44.5 Å². The molecular formula is C60H36O. The van der Waals surface area contributed by atoms with Crippen molar-refractivity contribution < 1.29 is 4.42 Å². The first-order valence-corrected chi connectivity index (χ1v) is 21.1. The van der Waals surface area contributed by atoms with Crippen LogP contribution in [0.5, 0.6) is 0 Å². The summed E-state index contributed by atoms with van der Waals surface area (Å²) in [7, 11) is 0. The van der Waals surface area contributed by atoms with Crippen molar-refractivity contribution in [2.45, 2.75) is 0 Å². The van der Waals surface area contributed by atoms with Gasteiger partial charge in [-0.2, -0.15) is 0 Å². The number of hydrogen-bond acceptors (Lipinski definition) is 1. The third-order valence-electron chi connectivity index (χ3n) is 13.0. The van der Waals surface area contributed by atoms with Gasteiger partial charge in [0.25, 0.3) is 0 Å². The fraction of sp³-hybridized carbons (Fsp3) is 0. The van der Waals surface area contributed by atoms with Crippen LogP contribution >= 0.6 is 0 Å². The Morgan fingerprint density at radius 1 is 0.197 bits per heavy atom. The molecule has 1 heteroatoms. The first-order valence-electron chi connectivity index (χ1n) is 21.1. The van der Waals surface area contributed by atoms with Gasteiger partial charge in [0.1, 0.15) is 11.2 Å². The molecule has 0 atom stereocenters. The van der Waals surface area contributed by atoms with Crippen LogP contribution in [-0.2, 0) is 0 Å². The zero-order valence-corrected chi connectivity index (χ0v) is 33.2. The van der Waals surface area contributed by atoms with Gasteiger partial charge >= 0.3 is 0 Å². The summed E-state index contributed by atoms with van der Waals surface area (Å²) in [5.41, 5.74) is 11.4. The lowest BCUT2D eigenvalue weighted by atomic mass is 9.85. The minimum absolute atomic E-state index is 0.899. The van der Waals surface area contributed by atoms with Gasteiger partial charge in [-0.15, -0.1) is 0 Å². The summed E-state index contributed by atoms with van der Waals surface area (Å²) >= 11 is 0. The van der Waals surface area contributed by atoms with Crippen molar-refractivity contribution in [1.29, 1.82) is 0 Å². The Bertz CT molecular complexity index is 3930. The smallest absolute Gasteiger partial charge is 0.135 e. The minimum atomic E-state index is 0.899. The molecule has 13 rings (SSSR count). The first-order chi connectivity index (χ1) is 30.2. The van der Waals surface area contributed by atoms with E-state index in [0.717, 1.165) is 33.1 Å². The second-order valence-electron chi connectivity index (χ2n) is 16.4. The largest absolute Gasteiger partial charge is 0.456 e. The molecule has 61 heavy (non-hydrogen) atoms. The maximum absolute atomic E-state index is 6.31. The van der Waals surface area contributed by atoms with Crippen LogP contribution in [0.2, 0.25) is 0 Å². The Labute approximate surface area is 352 Å². The highest BCUT2D eigenvalue weighted by molar-refractivity contribution is 6.25. The highest BCUT2D eigenvalue weighted by atomic mass is 16.3. The molecule has 0 amide bonds. The predicted octanol–water partition coefficient (Wildman–Crippen LogP) is 17.2. The van der Waals surface area contributed by atoms with E-state index < -0.39 is 0 Å². The van der Waals surface area contributed by atoms with Crippen molar-refractivity contribution in [3.63, 3.8) is 0 Å². The SMILES string of the molecule is c1ccc(-c2cc3c4ccccc4c(-c4cc(-c5ccc6oc7ccccc7c6c5)cc(-c5cc6c7ccccc7ccc6c6ccccc56)c4)cc3c3ccccc23)cc1. The standard InChI is InChI=1S/C60H36O/c1-2-14-37(15-3-1)52-34-56-49-23-11-9-21-47(49)54(36-57(56)48-22-10-8-20-46(48)52)42-31-40(39-27-29-60-58(33-39)51-24-12-13-25-59(51)61-60)30-41(32-42)53-35-55-43-17-5-4-16-38(43)26-28-50(55)44-18-6-7-19-45(44)53/h1-36H. The average molecular weight is 773 g/mol. The van der Waals surface area contributed by atoms with E-state index in [-0.39, 0.29) is 0 Å². The number of rotatable bonds is 4. The number of para-hydroxylation sites is 1. The van der Waals surface area contributed by atoms with Crippen molar-refractivity contribution in [2.24, 2.45) is 0 Å². The van der Waals surface area contributed by atoms with Crippen LogP contribution in [-0.4, -0.2) is 0 Å². The van der Waals surface area contributed by atoms with Crippen LogP contribution < -0.4 is 0 Å². The van der Waals surface area contributed by atoms with Gasteiger partial charge in [0.15, 0.2) is 0 Å². The number of fused-ring (bicyclic) bond motifs is 13.